The normalized spacial score (nSPS) is 20.6. The number of benzene rings is 1. The number of aliphatic hydroxyl groups excluding tert-OH is 1. The van der Waals surface area contributed by atoms with Gasteiger partial charge in [-0.2, -0.15) is 11.8 Å². The summed E-state index contributed by atoms with van der Waals surface area (Å²) in [5.41, 5.74) is 0.511. The van der Waals surface area contributed by atoms with Crippen molar-refractivity contribution in [3.8, 4) is 5.75 Å². The predicted octanol–water partition coefficient (Wildman–Crippen LogP) is 2.17. The molecule has 5 heteroatoms. The molecule has 1 fully saturated rings. The van der Waals surface area contributed by atoms with Gasteiger partial charge < -0.3 is 14.6 Å². The molecule has 0 saturated carbocycles. The van der Waals surface area contributed by atoms with E-state index in [4.69, 9.17) is 4.74 Å². The molecule has 1 aliphatic heterocycles. The van der Waals surface area contributed by atoms with E-state index in [9.17, 15) is 9.90 Å². The highest BCUT2D eigenvalue weighted by molar-refractivity contribution is 7.99. The average Bonchev–Trinajstić information content (AvgIpc) is 2.47. The van der Waals surface area contributed by atoms with Crippen molar-refractivity contribution in [2.45, 2.75) is 25.0 Å². The zero-order chi connectivity index (χ0) is 13.7. The van der Waals surface area contributed by atoms with E-state index in [0.717, 1.165) is 17.9 Å². The Morgan fingerprint density at radius 2 is 2.16 bits per heavy atom. The minimum atomic E-state index is -1.23. The lowest BCUT2D eigenvalue weighted by molar-refractivity contribution is -0.150. The van der Waals surface area contributed by atoms with Crippen molar-refractivity contribution >= 4 is 17.7 Å². The van der Waals surface area contributed by atoms with Gasteiger partial charge >= 0.3 is 5.97 Å². The van der Waals surface area contributed by atoms with E-state index >= 15 is 0 Å². The Morgan fingerprint density at radius 3 is 2.74 bits per heavy atom. The number of rotatable bonds is 4. The highest BCUT2D eigenvalue weighted by Gasteiger charge is 2.18. The summed E-state index contributed by atoms with van der Waals surface area (Å²) in [6.45, 7) is 0. The number of carbonyl (C=O) groups excluding carboxylic acids is 1. The highest BCUT2D eigenvalue weighted by atomic mass is 32.2. The number of ether oxygens (including phenoxy) is 2. The molecule has 1 saturated heterocycles. The summed E-state index contributed by atoms with van der Waals surface area (Å²) in [7, 11) is 1.25. The molecule has 1 aromatic rings. The predicted molar refractivity (Wildman–Crippen MR) is 74.4 cm³/mol. The zero-order valence-corrected chi connectivity index (χ0v) is 11.7. The third-order valence-corrected chi connectivity index (χ3v) is 4.23. The molecule has 2 rings (SSSR count). The van der Waals surface area contributed by atoms with Gasteiger partial charge in [0.2, 0.25) is 0 Å². The Labute approximate surface area is 117 Å². The van der Waals surface area contributed by atoms with Gasteiger partial charge in [0.1, 0.15) is 11.9 Å². The Bertz CT molecular complexity index is 412. The first-order valence-corrected chi connectivity index (χ1v) is 7.46. The topological polar surface area (TPSA) is 55.8 Å². The molecule has 19 heavy (non-hydrogen) atoms. The molecule has 0 aliphatic carbocycles. The van der Waals surface area contributed by atoms with Gasteiger partial charge in [0.25, 0.3) is 0 Å². The fourth-order valence-electron chi connectivity index (χ4n) is 1.97. The minimum absolute atomic E-state index is 0.259. The molecule has 4 nitrogen and oxygen atoms in total. The Morgan fingerprint density at radius 1 is 1.42 bits per heavy atom. The number of thioether (sulfide) groups is 1. The van der Waals surface area contributed by atoms with Crippen LogP contribution in [0.3, 0.4) is 0 Å². The molecule has 1 N–H and O–H groups in total. The Kier molecular flexibility index (Phi) is 5.10. The van der Waals surface area contributed by atoms with E-state index in [1.807, 2.05) is 11.8 Å². The lowest BCUT2D eigenvalue weighted by atomic mass is 10.1. The monoisotopic (exact) mass is 282 g/mol. The largest absolute Gasteiger partial charge is 0.490 e. The lowest BCUT2D eigenvalue weighted by Crippen LogP contribution is -2.23. The summed E-state index contributed by atoms with van der Waals surface area (Å²) < 4.78 is 10.4. The van der Waals surface area contributed by atoms with Crippen LogP contribution in [0.15, 0.2) is 24.3 Å². The van der Waals surface area contributed by atoms with Crippen molar-refractivity contribution in [3.05, 3.63) is 29.8 Å². The fraction of sp³-hybridized carbons (Fsp3) is 0.500. The van der Waals surface area contributed by atoms with Crippen LogP contribution in [0, 0.1) is 0 Å². The molecular weight excluding hydrogens is 264 g/mol. The molecule has 0 aromatic heterocycles. The number of hydrogen-bond donors (Lipinski definition) is 1. The van der Waals surface area contributed by atoms with Gasteiger partial charge in [0.05, 0.1) is 7.11 Å². The summed E-state index contributed by atoms with van der Waals surface area (Å²) >= 11 is 1.91. The Balaban J connectivity index is 1.95. The van der Waals surface area contributed by atoms with Crippen LogP contribution >= 0.6 is 11.8 Å². The van der Waals surface area contributed by atoms with E-state index in [-0.39, 0.29) is 6.10 Å². The van der Waals surface area contributed by atoms with Gasteiger partial charge in [-0.05, 0) is 36.3 Å². The molecule has 1 aliphatic rings. The van der Waals surface area contributed by atoms with E-state index in [2.05, 4.69) is 4.74 Å². The maximum Gasteiger partial charge on any atom is 0.339 e. The first-order valence-electron chi connectivity index (χ1n) is 6.31. The van der Waals surface area contributed by atoms with Gasteiger partial charge in [-0.25, -0.2) is 4.79 Å². The van der Waals surface area contributed by atoms with E-state index in [0.29, 0.717) is 5.56 Å². The summed E-state index contributed by atoms with van der Waals surface area (Å²) in [5, 5.41) is 9.68. The zero-order valence-electron chi connectivity index (χ0n) is 10.9. The van der Waals surface area contributed by atoms with Crippen LogP contribution < -0.4 is 4.74 Å². The smallest absolute Gasteiger partial charge is 0.339 e. The molecule has 0 spiro atoms. The van der Waals surface area contributed by atoms with E-state index in [1.165, 1.54) is 19.3 Å². The second kappa shape index (κ2) is 6.82. The van der Waals surface area contributed by atoms with Crippen LogP contribution in [0.1, 0.15) is 24.5 Å². The average molecular weight is 282 g/mol. The quantitative estimate of drug-likeness (QED) is 0.858. The van der Waals surface area contributed by atoms with Crippen molar-refractivity contribution in [3.63, 3.8) is 0 Å². The standard InChI is InChI=1S/C14H18O4S/c1-17-14(16)13(15)10-4-6-11(7-5-10)18-12-3-2-8-19-9-12/h4-7,12-13,15H,2-3,8-9H2,1H3. The number of methoxy groups -OCH3 is 1. The molecule has 0 bridgehead atoms. The van der Waals surface area contributed by atoms with Crippen LogP contribution in [0.4, 0.5) is 0 Å². The third-order valence-electron chi connectivity index (χ3n) is 3.04. The number of aliphatic hydroxyl groups is 1. The van der Waals surface area contributed by atoms with Gasteiger partial charge in [-0.15, -0.1) is 0 Å². The second-order valence-electron chi connectivity index (χ2n) is 4.45. The van der Waals surface area contributed by atoms with Crippen LogP contribution in [0.2, 0.25) is 0 Å². The van der Waals surface area contributed by atoms with Gasteiger partial charge in [-0.1, -0.05) is 12.1 Å². The van der Waals surface area contributed by atoms with Crippen LogP contribution in [-0.4, -0.2) is 35.8 Å². The molecule has 1 aromatic carbocycles. The van der Waals surface area contributed by atoms with Crippen molar-refractivity contribution in [2.24, 2.45) is 0 Å². The number of carbonyl (C=O) groups is 1. The summed E-state index contributed by atoms with van der Waals surface area (Å²) in [6.07, 6.45) is 1.30. The van der Waals surface area contributed by atoms with E-state index in [1.54, 1.807) is 24.3 Å². The summed E-state index contributed by atoms with van der Waals surface area (Å²) in [4.78, 5) is 11.2. The van der Waals surface area contributed by atoms with E-state index < -0.39 is 12.1 Å². The molecule has 1 heterocycles. The van der Waals surface area contributed by atoms with Crippen molar-refractivity contribution < 1.29 is 19.4 Å². The van der Waals surface area contributed by atoms with Crippen LogP contribution in [0.25, 0.3) is 0 Å². The molecule has 2 atom stereocenters. The van der Waals surface area contributed by atoms with Crippen LogP contribution in [0.5, 0.6) is 5.75 Å². The maximum absolute atomic E-state index is 11.2. The number of hydrogen-bond acceptors (Lipinski definition) is 5. The van der Waals surface area contributed by atoms with Gasteiger partial charge in [0, 0.05) is 5.75 Å². The SMILES string of the molecule is COC(=O)C(O)c1ccc(OC2CCCSC2)cc1. The first kappa shape index (κ1) is 14.2. The molecule has 0 amide bonds. The van der Waals surface area contributed by atoms with Crippen molar-refractivity contribution in [1.29, 1.82) is 0 Å². The first-order chi connectivity index (χ1) is 9.20. The van der Waals surface area contributed by atoms with Gasteiger partial charge in [0.15, 0.2) is 6.10 Å². The molecule has 104 valence electrons. The molecular formula is C14H18O4S. The summed E-state index contributed by atoms with van der Waals surface area (Å²) in [6, 6.07) is 6.93. The minimum Gasteiger partial charge on any atom is -0.490 e. The van der Waals surface area contributed by atoms with Crippen LogP contribution in [-0.2, 0) is 9.53 Å². The van der Waals surface area contributed by atoms with Gasteiger partial charge in [-0.3, -0.25) is 0 Å². The maximum atomic E-state index is 11.2. The molecule has 0 radical (unpaired) electrons. The fourth-order valence-corrected chi connectivity index (χ4v) is 3.01. The molecule has 2 unspecified atom stereocenters. The highest BCUT2D eigenvalue weighted by Crippen LogP contribution is 2.24. The third kappa shape index (κ3) is 3.88. The Hall–Kier alpha value is -1.20. The number of esters is 1. The second-order valence-corrected chi connectivity index (χ2v) is 5.60. The van der Waals surface area contributed by atoms with Crippen molar-refractivity contribution in [1.82, 2.24) is 0 Å². The lowest BCUT2D eigenvalue weighted by Gasteiger charge is -2.22. The van der Waals surface area contributed by atoms with Crippen molar-refractivity contribution in [2.75, 3.05) is 18.6 Å². The summed E-state index contributed by atoms with van der Waals surface area (Å²) in [5.74, 6) is 2.35.